The number of unbranched alkanes of at least 4 members (excludes halogenated alkanes) is 1. The molecule has 11 heavy (non-hydrogen) atoms. The molecule has 0 rings (SSSR count). The van der Waals surface area contributed by atoms with Crippen LogP contribution in [0.3, 0.4) is 0 Å². The molecule has 0 amide bonds. The third kappa shape index (κ3) is 5.25. The summed E-state index contributed by atoms with van der Waals surface area (Å²) in [6, 6.07) is 0. The Kier molecular flexibility index (Phi) is 6.63. The second kappa shape index (κ2) is 6.66. The maximum Gasteiger partial charge on any atom is 0.0572 e. The molecular formula is C10H22O. The first-order valence-electron chi connectivity index (χ1n) is 4.83. The predicted octanol–water partition coefficient (Wildman–Crippen LogP) is 3.24. The lowest BCUT2D eigenvalue weighted by molar-refractivity contribution is 0.0355. The molecule has 0 aliphatic heterocycles. The number of hydrogen-bond acceptors (Lipinski definition) is 1. The van der Waals surface area contributed by atoms with Crippen molar-refractivity contribution in [1.82, 2.24) is 0 Å². The Bertz CT molecular complexity index is 80.9. The summed E-state index contributed by atoms with van der Waals surface area (Å²) in [6.07, 6.45) is 4.37. The summed E-state index contributed by atoms with van der Waals surface area (Å²) in [5.41, 5.74) is 0. The van der Waals surface area contributed by atoms with Crippen LogP contribution in [-0.4, -0.2) is 12.7 Å². The Morgan fingerprint density at radius 2 is 1.82 bits per heavy atom. The Morgan fingerprint density at radius 1 is 1.18 bits per heavy atom. The van der Waals surface area contributed by atoms with Crippen molar-refractivity contribution >= 4 is 0 Å². The molecule has 0 N–H and O–H groups in total. The Balaban J connectivity index is 3.38. The lowest BCUT2D eigenvalue weighted by Crippen LogP contribution is -2.17. The quantitative estimate of drug-likeness (QED) is 0.576. The van der Waals surface area contributed by atoms with Crippen LogP contribution in [0.4, 0.5) is 0 Å². The third-order valence-electron chi connectivity index (χ3n) is 2.24. The van der Waals surface area contributed by atoms with Crippen molar-refractivity contribution in [2.45, 2.75) is 53.1 Å². The van der Waals surface area contributed by atoms with Gasteiger partial charge >= 0.3 is 0 Å². The van der Waals surface area contributed by atoms with Crippen LogP contribution in [0, 0.1) is 5.92 Å². The minimum absolute atomic E-state index is 0.437. The van der Waals surface area contributed by atoms with Crippen LogP contribution in [0.25, 0.3) is 0 Å². The highest BCUT2D eigenvalue weighted by molar-refractivity contribution is 4.60. The first kappa shape index (κ1) is 11.0. The van der Waals surface area contributed by atoms with Crippen LogP contribution in [0.15, 0.2) is 0 Å². The fraction of sp³-hybridized carbons (Fsp3) is 1.00. The van der Waals surface area contributed by atoms with E-state index in [2.05, 4.69) is 27.7 Å². The number of rotatable bonds is 6. The Morgan fingerprint density at radius 3 is 2.27 bits per heavy atom. The zero-order valence-corrected chi connectivity index (χ0v) is 8.39. The van der Waals surface area contributed by atoms with E-state index in [-0.39, 0.29) is 0 Å². The summed E-state index contributed by atoms with van der Waals surface area (Å²) in [5.74, 6) is 0.717. The summed E-state index contributed by atoms with van der Waals surface area (Å²) < 4.78 is 5.50. The van der Waals surface area contributed by atoms with Crippen LogP contribution in [0.5, 0.6) is 0 Å². The summed E-state index contributed by atoms with van der Waals surface area (Å²) in [7, 11) is 0. The van der Waals surface area contributed by atoms with Crippen molar-refractivity contribution in [3.63, 3.8) is 0 Å². The van der Waals surface area contributed by atoms with Crippen molar-refractivity contribution in [3.05, 3.63) is 0 Å². The van der Waals surface area contributed by atoms with Gasteiger partial charge in [-0.15, -0.1) is 0 Å². The summed E-state index contributed by atoms with van der Waals surface area (Å²) in [4.78, 5) is 0. The van der Waals surface area contributed by atoms with Gasteiger partial charge in [0.05, 0.1) is 6.10 Å². The van der Waals surface area contributed by atoms with Crippen LogP contribution in [-0.2, 0) is 4.74 Å². The lowest BCUT2D eigenvalue weighted by atomic mass is 9.99. The molecule has 0 spiro atoms. The van der Waals surface area contributed by atoms with Crippen LogP contribution < -0.4 is 0 Å². The highest BCUT2D eigenvalue weighted by atomic mass is 16.5. The van der Waals surface area contributed by atoms with Gasteiger partial charge in [0.25, 0.3) is 0 Å². The SMILES string of the molecule is CCCCC(C)C(C)OCC. The average Bonchev–Trinajstić information content (AvgIpc) is 2.00. The molecule has 0 saturated heterocycles. The van der Waals surface area contributed by atoms with Gasteiger partial charge in [0.15, 0.2) is 0 Å². The molecule has 1 nitrogen and oxygen atoms in total. The maximum absolute atomic E-state index is 5.50. The van der Waals surface area contributed by atoms with Gasteiger partial charge in [0.1, 0.15) is 0 Å². The van der Waals surface area contributed by atoms with E-state index in [4.69, 9.17) is 4.74 Å². The van der Waals surface area contributed by atoms with Crippen molar-refractivity contribution in [2.24, 2.45) is 5.92 Å². The molecule has 0 aromatic heterocycles. The molecular weight excluding hydrogens is 136 g/mol. The smallest absolute Gasteiger partial charge is 0.0572 e. The summed E-state index contributed by atoms with van der Waals surface area (Å²) >= 11 is 0. The summed E-state index contributed by atoms with van der Waals surface area (Å²) in [5, 5.41) is 0. The molecule has 0 heterocycles. The van der Waals surface area contributed by atoms with E-state index in [0.29, 0.717) is 6.10 Å². The topological polar surface area (TPSA) is 9.23 Å². The molecule has 0 aromatic carbocycles. The standard InChI is InChI=1S/C10H22O/c1-5-7-8-9(3)10(4)11-6-2/h9-10H,5-8H2,1-4H3. The van der Waals surface area contributed by atoms with E-state index in [0.717, 1.165) is 12.5 Å². The zero-order chi connectivity index (χ0) is 8.69. The molecule has 0 fully saturated rings. The van der Waals surface area contributed by atoms with Crippen molar-refractivity contribution in [3.8, 4) is 0 Å². The molecule has 2 atom stereocenters. The normalized spacial score (nSPS) is 16.4. The minimum atomic E-state index is 0.437. The van der Waals surface area contributed by atoms with Crippen molar-refractivity contribution in [2.75, 3.05) is 6.61 Å². The van der Waals surface area contributed by atoms with E-state index >= 15 is 0 Å². The second-order valence-electron chi connectivity index (χ2n) is 3.28. The van der Waals surface area contributed by atoms with Gasteiger partial charge in [-0.2, -0.15) is 0 Å². The molecule has 0 saturated carbocycles. The van der Waals surface area contributed by atoms with Crippen LogP contribution >= 0.6 is 0 Å². The zero-order valence-electron chi connectivity index (χ0n) is 8.39. The number of hydrogen-bond donors (Lipinski definition) is 0. The first-order valence-corrected chi connectivity index (χ1v) is 4.83. The van der Waals surface area contributed by atoms with Gasteiger partial charge in [-0.3, -0.25) is 0 Å². The van der Waals surface area contributed by atoms with E-state index in [1.165, 1.54) is 19.3 Å². The van der Waals surface area contributed by atoms with E-state index in [1.54, 1.807) is 0 Å². The fourth-order valence-corrected chi connectivity index (χ4v) is 1.19. The highest BCUT2D eigenvalue weighted by Crippen LogP contribution is 2.14. The minimum Gasteiger partial charge on any atom is -0.379 e. The second-order valence-corrected chi connectivity index (χ2v) is 3.28. The predicted molar refractivity (Wildman–Crippen MR) is 49.8 cm³/mol. The van der Waals surface area contributed by atoms with E-state index < -0.39 is 0 Å². The largest absolute Gasteiger partial charge is 0.379 e. The molecule has 68 valence electrons. The molecule has 0 aromatic rings. The van der Waals surface area contributed by atoms with Crippen molar-refractivity contribution in [1.29, 1.82) is 0 Å². The van der Waals surface area contributed by atoms with E-state index in [9.17, 15) is 0 Å². The lowest BCUT2D eigenvalue weighted by Gasteiger charge is -2.19. The number of ether oxygens (including phenoxy) is 1. The fourth-order valence-electron chi connectivity index (χ4n) is 1.19. The molecule has 0 aliphatic carbocycles. The average molecular weight is 158 g/mol. The Hall–Kier alpha value is -0.0400. The monoisotopic (exact) mass is 158 g/mol. The third-order valence-corrected chi connectivity index (χ3v) is 2.24. The molecule has 0 radical (unpaired) electrons. The van der Waals surface area contributed by atoms with Crippen LogP contribution in [0.1, 0.15) is 47.0 Å². The van der Waals surface area contributed by atoms with Gasteiger partial charge in [-0.05, 0) is 26.2 Å². The Labute approximate surface area is 71.1 Å². The van der Waals surface area contributed by atoms with E-state index in [1.807, 2.05) is 0 Å². The molecule has 0 bridgehead atoms. The van der Waals surface area contributed by atoms with Crippen molar-refractivity contribution < 1.29 is 4.74 Å². The van der Waals surface area contributed by atoms with Gasteiger partial charge in [0, 0.05) is 6.61 Å². The molecule has 1 heteroatoms. The van der Waals surface area contributed by atoms with Crippen LogP contribution in [0.2, 0.25) is 0 Å². The maximum atomic E-state index is 5.50. The van der Waals surface area contributed by atoms with Gasteiger partial charge in [-0.1, -0.05) is 26.7 Å². The molecule has 2 unspecified atom stereocenters. The molecule has 0 aliphatic rings. The van der Waals surface area contributed by atoms with Gasteiger partial charge < -0.3 is 4.74 Å². The first-order chi connectivity index (χ1) is 5.22. The summed E-state index contributed by atoms with van der Waals surface area (Å²) in [6.45, 7) is 9.58. The van der Waals surface area contributed by atoms with Gasteiger partial charge in [-0.25, -0.2) is 0 Å². The van der Waals surface area contributed by atoms with Gasteiger partial charge in [0.2, 0.25) is 0 Å². The highest BCUT2D eigenvalue weighted by Gasteiger charge is 2.10.